The first-order valence-electron chi connectivity index (χ1n) is 6.45. The fourth-order valence-corrected chi connectivity index (χ4v) is 3.59. The normalized spacial score (nSPS) is 22.1. The minimum atomic E-state index is 0.175. The quantitative estimate of drug-likeness (QED) is 0.656. The maximum atomic E-state index is 11.5. The molecule has 88 valence electrons. The molecule has 3 rings (SSSR count). The third-order valence-electron chi connectivity index (χ3n) is 4.79. The zero-order valence-corrected chi connectivity index (χ0v) is 10.5. The molecule has 0 unspecified atom stereocenters. The smallest absolute Gasteiger partial charge is 0.133 e. The zero-order valence-electron chi connectivity index (χ0n) is 10.5. The second kappa shape index (κ2) is 3.56. The van der Waals surface area contributed by atoms with Crippen LogP contribution in [0.4, 0.5) is 0 Å². The second-order valence-electron chi connectivity index (χ2n) is 5.42. The van der Waals surface area contributed by atoms with Gasteiger partial charge in [-0.15, -0.1) is 0 Å². The van der Waals surface area contributed by atoms with Crippen LogP contribution in [-0.4, -0.2) is 5.78 Å². The van der Waals surface area contributed by atoms with E-state index in [0.29, 0.717) is 5.78 Å². The van der Waals surface area contributed by atoms with Crippen LogP contribution in [0.1, 0.15) is 50.7 Å². The van der Waals surface area contributed by atoms with Crippen LogP contribution in [0.15, 0.2) is 29.8 Å². The maximum absolute atomic E-state index is 11.5. The summed E-state index contributed by atoms with van der Waals surface area (Å²) in [6, 6.07) is 8.72. The van der Waals surface area contributed by atoms with Crippen molar-refractivity contribution in [2.75, 3.05) is 0 Å². The SMILES string of the molecule is CC1=C(C)C2(CCC(=O)CC2)c2ccccc21. The molecule has 0 N–H and O–H groups in total. The van der Waals surface area contributed by atoms with Crippen molar-refractivity contribution in [1.29, 1.82) is 0 Å². The zero-order chi connectivity index (χ0) is 12.0. The molecular weight excluding hydrogens is 208 g/mol. The lowest BCUT2D eigenvalue weighted by Crippen LogP contribution is -2.31. The molecule has 1 fully saturated rings. The molecule has 2 aliphatic carbocycles. The topological polar surface area (TPSA) is 17.1 Å². The summed E-state index contributed by atoms with van der Waals surface area (Å²) in [5.41, 5.74) is 5.96. The standard InChI is InChI=1S/C16H18O/c1-11-12(2)16(9-7-13(17)8-10-16)15-6-4-3-5-14(11)15/h3-6H,7-10H2,1-2H3. The molecule has 0 aromatic heterocycles. The Balaban J connectivity index is 2.15. The van der Waals surface area contributed by atoms with E-state index in [2.05, 4.69) is 38.1 Å². The molecule has 1 spiro atoms. The predicted molar refractivity (Wildman–Crippen MR) is 69.9 cm³/mol. The fourth-order valence-electron chi connectivity index (χ4n) is 3.59. The predicted octanol–water partition coefficient (Wildman–Crippen LogP) is 3.87. The van der Waals surface area contributed by atoms with Crippen LogP contribution >= 0.6 is 0 Å². The lowest BCUT2D eigenvalue weighted by Gasteiger charge is -2.36. The first-order valence-corrected chi connectivity index (χ1v) is 6.45. The van der Waals surface area contributed by atoms with E-state index in [1.54, 1.807) is 0 Å². The summed E-state index contributed by atoms with van der Waals surface area (Å²) in [6.45, 7) is 4.48. The Morgan fingerprint density at radius 2 is 1.71 bits per heavy atom. The molecule has 1 nitrogen and oxygen atoms in total. The van der Waals surface area contributed by atoms with Crippen molar-refractivity contribution in [3.8, 4) is 0 Å². The minimum Gasteiger partial charge on any atom is -0.300 e. The molecule has 0 bridgehead atoms. The first-order chi connectivity index (χ1) is 8.15. The highest BCUT2D eigenvalue weighted by molar-refractivity contribution is 5.84. The molecule has 1 aromatic rings. The van der Waals surface area contributed by atoms with Gasteiger partial charge in [-0.2, -0.15) is 0 Å². The number of allylic oxidation sites excluding steroid dienone is 2. The largest absolute Gasteiger partial charge is 0.300 e. The Bertz CT molecular complexity index is 512. The number of benzene rings is 1. The average Bonchev–Trinajstić information content (AvgIpc) is 2.57. The third-order valence-corrected chi connectivity index (χ3v) is 4.79. The van der Waals surface area contributed by atoms with E-state index in [-0.39, 0.29) is 5.41 Å². The van der Waals surface area contributed by atoms with Gasteiger partial charge in [0.25, 0.3) is 0 Å². The number of carbonyl (C=O) groups is 1. The van der Waals surface area contributed by atoms with Crippen molar-refractivity contribution < 1.29 is 4.79 Å². The number of hydrogen-bond acceptors (Lipinski definition) is 1. The van der Waals surface area contributed by atoms with Crippen LogP contribution in [0, 0.1) is 0 Å². The summed E-state index contributed by atoms with van der Waals surface area (Å²) in [7, 11) is 0. The first kappa shape index (κ1) is 10.8. The van der Waals surface area contributed by atoms with Crippen LogP contribution in [0.3, 0.4) is 0 Å². The van der Waals surface area contributed by atoms with E-state index in [0.717, 1.165) is 25.7 Å². The summed E-state index contributed by atoms with van der Waals surface area (Å²) in [5.74, 6) is 0.436. The van der Waals surface area contributed by atoms with Crippen molar-refractivity contribution in [2.24, 2.45) is 0 Å². The Kier molecular flexibility index (Phi) is 2.25. The maximum Gasteiger partial charge on any atom is 0.133 e. The van der Waals surface area contributed by atoms with Crippen LogP contribution in [0.25, 0.3) is 5.57 Å². The van der Waals surface area contributed by atoms with E-state index < -0.39 is 0 Å². The van der Waals surface area contributed by atoms with Gasteiger partial charge < -0.3 is 0 Å². The van der Waals surface area contributed by atoms with E-state index in [9.17, 15) is 4.79 Å². The van der Waals surface area contributed by atoms with Crippen LogP contribution < -0.4 is 0 Å². The van der Waals surface area contributed by atoms with E-state index >= 15 is 0 Å². The molecule has 1 heteroatoms. The molecule has 0 saturated heterocycles. The van der Waals surface area contributed by atoms with Crippen molar-refractivity contribution >= 4 is 11.4 Å². The van der Waals surface area contributed by atoms with Crippen molar-refractivity contribution in [3.05, 3.63) is 41.0 Å². The Labute approximate surface area is 103 Å². The molecule has 2 aliphatic rings. The molecule has 0 heterocycles. The Hall–Kier alpha value is -1.37. The van der Waals surface area contributed by atoms with E-state index in [1.165, 1.54) is 22.3 Å². The van der Waals surface area contributed by atoms with Crippen molar-refractivity contribution in [3.63, 3.8) is 0 Å². The number of carbonyl (C=O) groups excluding carboxylic acids is 1. The number of hydrogen-bond donors (Lipinski definition) is 0. The molecule has 1 aromatic carbocycles. The van der Waals surface area contributed by atoms with Gasteiger partial charge in [0.2, 0.25) is 0 Å². The summed E-state index contributed by atoms with van der Waals surface area (Å²) >= 11 is 0. The van der Waals surface area contributed by atoms with Crippen LogP contribution in [0.5, 0.6) is 0 Å². The molecule has 17 heavy (non-hydrogen) atoms. The van der Waals surface area contributed by atoms with Gasteiger partial charge in [0.05, 0.1) is 0 Å². The van der Waals surface area contributed by atoms with Gasteiger partial charge in [0, 0.05) is 18.3 Å². The van der Waals surface area contributed by atoms with Gasteiger partial charge >= 0.3 is 0 Å². The third kappa shape index (κ3) is 1.35. The average molecular weight is 226 g/mol. The van der Waals surface area contributed by atoms with Gasteiger partial charge in [-0.3, -0.25) is 4.79 Å². The van der Waals surface area contributed by atoms with Crippen LogP contribution in [-0.2, 0) is 10.2 Å². The number of ketones is 1. The van der Waals surface area contributed by atoms with Gasteiger partial charge in [-0.1, -0.05) is 29.8 Å². The highest BCUT2D eigenvalue weighted by Gasteiger charge is 2.43. The van der Waals surface area contributed by atoms with Gasteiger partial charge in [0.1, 0.15) is 5.78 Å². The van der Waals surface area contributed by atoms with Gasteiger partial charge in [-0.05, 0) is 43.4 Å². The van der Waals surface area contributed by atoms with Crippen LogP contribution in [0.2, 0.25) is 0 Å². The number of fused-ring (bicyclic) bond motifs is 2. The number of Topliss-reactive ketones (excluding diaryl/α,β-unsaturated/α-hetero) is 1. The molecular formula is C16H18O. The highest BCUT2D eigenvalue weighted by atomic mass is 16.1. The van der Waals surface area contributed by atoms with Crippen molar-refractivity contribution in [2.45, 2.75) is 44.9 Å². The Morgan fingerprint density at radius 1 is 1.06 bits per heavy atom. The fraction of sp³-hybridized carbons (Fsp3) is 0.438. The second-order valence-corrected chi connectivity index (χ2v) is 5.42. The number of rotatable bonds is 0. The summed E-state index contributed by atoms with van der Waals surface area (Å²) in [6.07, 6.45) is 3.51. The monoisotopic (exact) mass is 226 g/mol. The van der Waals surface area contributed by atoms with E-state index in [4.69, 9.17) is 0 Å². The highest BCUT2D eigenvalue weighted by Crippen LogP contribution is 2.52. The molecule has 1 saturated carbocycles. The van der Waals surface area contributed by atoms with E-state index in [1.807, 2.05) is 0 Å². The van der Waals surface area contributed by atoms with Gasteiger partial charge in [0.15, 0.2) is 0 Å². The Morgan fingerprint density at radius 3 is 2.41 bits per heavy atom. The van der Waals surface area contributed by atoms with Gasteiger partial charge in [-0.25, -0.2) is 0 Å². The molecule has 0 radical (unpaired) electrons. The summed E-state index contributed by atoms with van der Waals surface area (Å²) in [5, 5.41) is 0. The molecule has 0 atom stereocenters. The minimum absolute atomic E-state index is 0.175. The molecule has 0 aliphatic heterocycles. The molecule has 0 amide bonds. The summed E-state index contributed by atoms with van der Waals surface area (Å²) in [4.78, 5) is 11.5. The summed E-state index contributed by atoms with van der Waals surface area (Å²) < 4.78 is 0. The lowest BCUT2D eigenvalue weighted by atomic mass is 9.67. The lowest BCUT2D eigenvalue weighted by molar-refractivity contribution is -0.121. The van der Waals surface area contributed by atoms with Crippen molar-refractivity contribution in [1.82, 2.24) is 0 Å².